The van der Waals surface area contributed by atoms with Crippen LogP contribution in [0.3, 0.4) is 0 Å². The molecular formula is C14H22ClNO2. The molecule has 1 atom stereocenters. The number of hydrogen-bond acceptors (Lipinski definition) is 2. The molecule has 0 aliphatic heterocycles. The van der Waals surface area contributed by atoms with E-state index in [0.29, 0.717) is 16.4 Å². The third-order valence-electron chi connectivity index (χ3n) is 2.41. The molecule has 0 aromatic carbocycles. The fraction of sp³-hybridized carbons (Fsp3) is 0.500. The minimum Gasteiger partial charge on any atom is -0.496 e. The largest absolute Gasteiger partial charge is 0.496 e. The van der Waals surface area contributed by atoms with E-state index in [9.17, 15) is 4.79 Å². The van der Waals surface area contributed by atoms with Gasteiger partial charge in [0.1, 0.15) is 5.76 Å². The summed E-state index contributed by atoms with van der Waals surface area (Å²) in [5.41, 5.74) is 0.319. The molecule has 0 aromatic heterocycles. The van der Waals surface area contributed by atoms with E-state index in [0.717, 1.165) is 12.8 Å². The average Bonchev–Trinajstić information content (AvgIpc) is 2.30. The van der Waals surface area contributed by atoms with Crippen molar-refractivity contribution >= 4 is 17.5 Å². The lowest BCUT2D eigenvalue weighted by atomic mass is 10.1. The Morgan fingerprint density at radius 1 is 1.56 bits per heavy atom. The van der Waals surface area contributed by atoms with Crippen LogP contribution in [0.15, 0.2) is 35.1 Å². The summed E-state index contributed by atoms with van der Waals surface area (Å²) in [6, 6.07) is 0.134. The molecule has 0 rings (SSSR count). The second-order valence-corrected chi connectivity index (χ2v) is 4.44. The minimum absolute atomic E-state index is 0.134. The summed E-state index contributed by atoms with van der Waals surface area (Å²) in [5, 5.41) is 3.22. The highest BCUT2D eigenvalue weighted by Crippen LogP contribution is 2.17. The maximum atomic E-state index is 11.8. The first-order chi connectivity index (χ1) is 8.46. The summed E-state index contributed by atoms with van der Waals surface area (Å²) in [7, 11) is 1.53. The lowest BCUT2D eigenvalue weighted by Crippen LogP contribution is -2.32. The number of carbonyl (C=O) groups excluding carboxylic acids is 1. The average molecular weight is 272 g/mol. The summed E-state index contributed by atoms with van der Waals surface area (Å²) in [6.07, 6.45) is 5.20. The molecule has 0 aliphatic rings. The molecule has 0 saturated carbocycles. The zero-order chi connectivity index (χ0) is 14.1. The summed E-state index contributed by atoms with van der Waals surface area (Å²) in [5.74, 6) is 0.313. The second-order valence-electron chi connectivity index (χ2n) is 4.04. The van der Waals surface area contributed by atoms with Gasteiger partial charge in [-0.05, 0) is 32.4 Å². The molecule has 1 N–H and O–H groups in total. The molecule has 0 heterocycles. The topological polar surface area (TPSA) is 38.3 Å². The van der Waals surface area contributed by atoms with Gasteiger partial charge in [-0.3, -0.25) is 4.79 Å². The number of amides is 1. The Morgan fingerprint density at radius 3 is 2.61 bits per heavy atom. The van der Waals surface area contributed by atoms with Crippen molar-refractivity contribution in [3.05, 3.63) is 35.1 Å². The Kier molecular flexibility index (Phi) is 8.21. The number of allylic oxidation sites excluding steroid dienone is 2. The van der Waals surface area contributed by atoms with Gasteiger partial charge < -0.3 is 10.1 Å². The van der Waals surface area contributed by atoms with Gasteiger partial charge >= 0.3 is 0 Å². The van der Waals surface area contributed by atoms with Crippen molar-refractivity contribution in [3.8, 4) is 0 Å². The first-order valence-corrected chi connectivity index (χ1v) is 6.41. The van der Waals surface area contributed by atoms with Gasteiger partial charge in [-0.2, -0.15) is 0 Å². The summed E-state index contributed by atoms with van der Waals surface area (Å²) >= 11 is 6.01. The first-order valence-electron chi connectivity index (χ1n) is 6.03. The molecular weight excluding hydrogens is 250 g/mol. The van der Waals surface area contributed by atoms with Crippen molar-refractivity contribution < 1.29 is 9.53 Å². The fourth-order valence-electron chi connectivity index (χ4n) is 1.46. The van der Waals surface area contributed by atoms with Crippen molar-refractivity contribution in [2.45, 2.75) is 39.7 Å². The van der Waals surface area contributed by atoms with Crippen molar-refractivity contribution in [1.82, 2.24) is 5.32 Å². The third kappa shape index (κ3) is 5.92. The van der Waals surface area contributed by atoms with Crippen LogP contribution in [0, 0.1) is 0 Å². The van der Waals surface area contributed by atoms with Crippen LogP contribution >= 0.6 is 11.6 Å². The monoisotopic (exact) mass is 271 g/mol. The molecule has 1 amide bonds. The van der Waals surface area contributed by atoms with E-state index in [1.54, 1.807) is 13.0 Å². The van der Waals surface area contributed by atoms with E-state index in [1.807, 2.05) is 6.92 Å². The van der Waals surface area contributed by atoms with Crippen molar-refractivity contribution in [3.63, 3.8) is 0 Å². The molecule has 18 heavy (non-hydrogen) atoms. The molecule has 0 saturated heterocycles. The molecule has 0 bridgehead atoms. The predicted molar refractivity (Wildman–Crippen MR) is 76.4 cm³/mol. The van der Waals surface area contributed by atoms with Gasteiger partial charge in [0, 0.05) is 11.6 Å². The van der Waals surface area contributed by atoms with Gasteiger partial charge in [0.25, 0.3) is 5.91 Å². The lowest BCUT2D eigenvalue weighted by Gasteiger charge is -2.13. The SMILES string of the molecule is C=C(/C=C(Cl)\C(=C/C)OC)C(=O)NC(C)CCC. The highest BCUT2D eigenvalue weighted by atomic mass is 35.5. The maximum Gasteiger partial charge on any atom is 0.250 e. The predicted octanol–water partition coefficient (Wildman–Crippen LogP) is 3.52. The number of ether oxygens (including phenoxy) is 1. The van der Waals surface area contributed by atoms with E-state index in [-0.39, 0.29) is 11.9 Å². The third-order valence-corrected chi connectivity index (χ3v) is 2.70. The molecule has 102 valence electrons. The van der Waals surface area contributed by atoms with E-state index in [1.165, 1.54) is 13.2 Å². The fourth-order valence-corrected chi connectivity index (χ4v) is 1.78. The Bertz CT molecular complexity index is 359. The molecule has 1 unspecified atom stereocenters. The molecule has 0 spiro atoms. The molecule has 0 aliphatic carbocycles. The highest BCUT2D eigenvalue weighted by molar-refractivity contribution is 6.32. The van der Waals surface area contributed by atoms with Crippen LogP contribution in [-0.2, 0) is 9.53 Å². The summed E-state index contributed by atoms with van der Waals surface area (Å²) in [6.45, 7) is 9.55. The quantitative estimate of drug-likeness (QED) is 0.437. The Labute approximate surface area is 115 Å². The minimum atomic E-state index is -0.208. The Hall–Kier alpha value is -1.22. The maximum absolute atomic E-state index is 11.8. The van der Waals surface area contributed by atoms with Crippen molar-refractivity contribution in [1.29, 1.82) is 0 Å². The molecule has 0 fully saturated rings. The van der Waals surface area contributed by atoms with Gasteiger partial charge in [0.2, 0.25) is 0 Å². The normalized spacial score (nSPS) is 14.1. The Balaban J connectivity index is 4.57. The zero-order valence-electron chi connectivity index (χ0n) is 11.5. The van der Waals surface area contributed by atoms with Crippen LogP contribution in [0.2, 0.25) is 0 Å². The van der Waals surface area contributed by atoms with Crippen LogP contribution in [-0.4, -0.2) is 19.1 Å². The number of nitrogens with one attached hydrogen (secondary N) is 1. The zero-order valence-corrected chi connectivity index (χ0v) is 12.3. The smallest absolute Gasteiger partial charge is 0.250 e. The molecule has 0 aromatic rings. The number of hydrogen-bond donors (Lipinski definition) is 1. The highest BCUT2D eigenvalue weighted by Gasteiger charge is 2.10. The van der Waals surface area contributed by atoms with Gasteiger partial charge in [-0.25, -0.2) is 0 Å². The summed E-state index contributed by atoms with van der Waals surface area (Å²) < 4.78 is 5.05. The first kappa shape index (κ1) is 16.8. The summed E-state index contributed by atoms with van der Waals surface area (Å²) in [4.78, 5) is 11.8. The molecule has 3 nitrogen and oxygen atoms in total. The lowest BCUT2D eigenvalue weighted by molar-refractivity contribution is -0.117. The standard InChI is InChI=1S/C14H22ClNO2/c1-6-8-11(4)16-14(17)10(3)9-12(15)13(7-2)18-5/h7,9,11H,3,6,8H2,1-2,4-5H3,(H,16,17)/b12-9+,13-7+. The van der Waals surface area contributed by atoms with Gasteiger partial charge in [-0.1, -0.05) is 31.5 Å². The van der Waals surface area contributed by atoms with Gasteiger partial charge in [0.15, 0.2) is 0 Å². The number of methoxy groups -OCH3 is 1. The van der Waals surface area contributed by atoms with E-state index in [4.69, 9.17) is 16.3 Å². The van der Waals surface area contributed by atoms with E-state index < -0.39 is 0 Å². The van der Waals surface area contributed by atoms with Crippen LogP contribution in [0.25, 0.3) is 0 Å². The van der Waals surface area contributed by atoms with Crippen LogP contribution in [0.1, 0.15) is 33.6 Å². The van der Waals surface area contributed by atoms with Gasteiger partial charge in [-0.15, -0.1) is 0 Å². The van der Waals surface area contributed by atoms with Crippen molar-refractivity contribution in [2.24, 2.45) is 0 Å². The number of halogens is 1. The second kappa shape index (κ2) is 8.81. The Morgan fingerprint density at radius 2 is 2.17 bits per heavy atom. The van der Waals surface area contributed by atoms with Crippen LogP contribution < -0.4 is 5.32 Å². The molecule has 4 heteroatoms. The van der Waals surface area contributed by atoms with Crippen LogP contribution in [0.4, 0.5) is 0 Å². The van der Waals surface area contributed by atoms with Crippen molar-refractivity contribution in [2.75, 3.05) is 7.11 Å². The van der Waals surface area contributed by atoms with E-state index in [2.05, 4.69) is 18.8 Å². The number of carbonyl (C=O) groups is 1. The molecule has 0 radical (unpaired) electrons. The van der Waals surface area contributed by atoms with Crippen LogP contribution in [0.5, 0.6) is 0 Å². The van der Waals surface area contributed by atoms with E-state index >= 15 is 0 Å². The number of rotatable bonds is 7. The van der Waals surface area contributed by atoms with Gasteiger partial charge in [0.05, 0.1) is 12.1 Å².